The van der Waals surface area contributed by atoms with E-state index in [9.17, 15) is 55.0 Å². The highest BCUT2D eigenvalue weighted by molar-refractivity contribution is 6.11. The molecule has 0 radical (unpaired) electrons. The van der Waals surface area contributed by atoms with Crippen LogP contribution in [-0.2, 0) is 26.4 Å². The van der Waals surface area contributed by atoms with Gasteiger partial charge >= 0.3 is 30.0 Å². The van der Waals surface area contributed by atoms with E-state index in [1.807, 2.05) is 0 Å². The van der Waals surface area contributed by atoms with Crippen LogP contribution < -0.4 is 10.2 Å². The molecule has 0 saturated carbocycles. The maximum Gasteiger partial charge on any atom is 0.435 e. The summed E-state index contributed by atoms with van der Waals surface area (Å²) in [6.45, 7) is 2.47. The number of aliphatic carboxylic acids is 1. The number of methoxy groups -OCH3 is 1. The summed E-state index contributed by atoms with van der Waals surface area (Å²) in [4.78, 5) is 50.9. The van der Waals surface area contributed by atoms with E-state index in [0.29, 0.717) is 10.5 Å². The zero-order valence-electron chi connectivity index (χ0n) is 25.0. The molecule has 0 aliphatic rings. The number of hydrogen-bond donors (Lipinski definition) is 2. The van der Waals surface area contributed by atoms with E-state index in [1.165, 1.54) is 12.1 Å². The van der Waals surface area contributed by atoms with Gasteiger partial charge in [-0.05, 0) is 61.2 Å². The molecule has 8 nitrogen and oxygen atoms in total. The van der Waals surface area contributed by atoms with Crippen molar-refractivity contribution in [2.45, 2.75) is 45.2 Å². The predicted octanol–water partition coefficient (Wildman–Crippen LogP) is 6.74. The second-order valence-electron chi connectivity index (χ2n) is 10.4. The smallest absolute Gasteiger partial charge is 0.435 e. The van der Waals surface area contributed by atoms with Crippen LogP contribution in [0.3, 0.4) is 0 Å². The first-order valence-corrected chi connectivity index (χ1v) is 13.4. The van der Waals surface area contributed by atoms with Gasteiger partial charge in [0.2, 0.25) is 0 Å². The molecule has 0 aliphatic heterocycles. The van der Waals surface area contributed by atoms with Gasteiger partial charge in [0, 0.05) is 11.1 Å². The van der Waals surface area contributed by atoms with Crippen molar-refractivity contribution >= 4 is 35.1 Å². The van der Waals surface area contributed by atoms with Crippen molar-refractivity contribution < 1.29 is 64.1 Å². The summed E-state index contributed by atoms with van der Waals surface area (Å²) in [5, 5.41) is 11.5. The molecule has 0 heterocycles. The molecule has 3 aromatic rings. The van der Waals surface area contributed by atoms with E-state index in [-0.39, 0.29) is 23.3 Å². The fraction of sp³-hybridized carbons (Fsp3) is 0.290. The van der Waals surface area contributed by atoms with Crippen molar-refractivity contribution in [3.05, 3.63) is 93.3 Å². The number of halogens is 8. The number of benzene rings is 3. The van der Waals surface area contributed by atoms with Crippen LogP contribution in [0.15, 0.2) is 48.5 Å². The molecular formula is C31H26F8N2O6. The molecule has 252 valence electrons. The fourth-order valence-electron chi connectivity index (χ4n) is 4.94. The van der Waals surface area contributed by atoms with Gasteiger partial charge in [-0.1, -0.05) is 30.3 Å². The monoisotopic (exact) mass is 674 g/mol. The zero-order valence-corrected chi connectivity index (χ0v) is 25.0. The Bertz CT molecular complexity index is 1700. The molecule has 0 fully saturated rings. The number of carbonyl (C=O) groups is 4. The third-order valence-electron chi connectivity index (χ3n) is 7.16. The topological polar surface area (TPSA) is 113 Å². The Kier molecular flexibility index (Phi) is 10.4. The molecule has 0 bridgehead atoms. The summed E-state index contributed by atoms with van der Waals surface area (Å²) >= 11 is 0. The molecule has 16 heteroatoms. The Balaban J connectivity index is 2.12. The minimum atomic E-state index is -6.42. The highest BCUT2D eigenvalue weighted by Crippen LogP contribution is 2.54. The summed E-state index contributed by atoms with van der Waals surface area (Å²) in [6.07, 6.45) is -13.4. The number of aryl methyl sites for hydroxylation is 3. The lowest BCUT2D eigenvalue weighted by atomic mass is 9.90. The molecule has 2 N–H and O–H groups in total. The summed E-state index contributed by atoms with van der Waals surface area (Å²) in [5.41, 5.74) is -9.97. The van der Waals surface area contributed by atoms with Crippen LogP contribution in [0, 0.1) is 26.6 Å². The summed E-state index contributed by atoms with van der Waals surface area (Å²) < 4.78 is 116. The molecule has 0 saturated heterocycles. The molecule has 3 aromatic carbocycles. The van der Waals surface area contributed by atoms with Crippen molar-refractivity contribution in [3.8, 4) is 0 Å². The van der Waals surface area contributed by atoms with Gasteiger partial charge in [0.15, 0.2) is 5.82 Å². The van der Waals surface area contributed by atoms with Gasteiger partial charge in [-0.15, -0.1) is 0 Å². The van der Waals surface area contributed by atoms with Gasteiger partial charge < -0.3 is 15.2 Å². The van der Waals surface area contributed by atoms with Crippen molar-refractivity contribution in [2.24, 2.45) is 0 Å². The molecule has 3 rings (SSSR count). The number of anilines is 2. The maximum absolute atomic E-state index is 15.8. The second-order valence-corrected chi connectivity index (χ2v) is 10.4. The van der Waals surface area contributed by atoms with E-state index < -0.39 is 94.2 Å². The first-order valence-electron chi connectivity index (χ1n) is 13.4. The average molecular weight is 675 g/mol. The summed E-state index contributed by atoms with van der Waals surface area (Å²) in [7, 11) is 0.915. The molecule has 0 aromatic heterocycles. The lowest BCUT2D eigenvalue weighted by Crippen LogP contribution is -2.50. The Morgan fingerprint density at radius 2 is 1.36 bits per heavy atom. The van der Waals surface area contributed by atoms with Crippen molar-refractivity contribution in [1.29, 1.82) is 0 Å². The highest BCUT2D eigenvalue weighted by atomic mass is 19.4. The number of hydrogen-bond acceptors (Lipinski definition) is 5. The minimum Gasteiger partial charge on any atom is -0.481 e. The zero-order chi connectivity index (χ0) is 35.6. The highest BCUT2D eigenvalue weighted by Gasteiger charge is 2.73. The lowest BCUT2D eigenvalue weighted by molar-refractivity contribution is -0.348. The van der Waals surface area contributed by atoms with Crippen LogP contribution >= 0.6 is 0 Å². The SMILES string of the molecule is COC(=O)CN(C(=O)c1cccc(NC(=O)c2cccc(C)c2CC(=O)O)c1F)c1c(C)cc(C(F)(C(F)(F)F)C(F)(F)F)cc1C. The molecule has 0 spiro atoms. The molecule has 47 heavy (non-hydrogen) atoms. The Labute approximate surface area is 261 Å². The Morgan fingerprint density at radius 3 is 1.87 bits per heavy atom. The molecule has 0 atom stereocenters. The molecule has 2 amide bonds. The quantitative estimate of drug-likeness (QED) is 0.192. The van der Waals surface area contributed by atoms with E-state index in [1.54, 1.807) is 13.0 Å². The first-order chi connectivity index (χ1) is 21.6. The van der Waals surface area contributed by atoms with E-state index >= 15 is 4.39 Å². The van der Waals surface area contributed by atoms with Gasteiger partial charge in [0.25, 0.3) is 11.8 Å². The number of ether oxygens (including phenoxy) is 1. The average Bonchev–Trinajstić information content (AvgIpc) is 2.95. The summed E-state index contributed by atoms with van der Waals surface area (Å²) in [5.74, 6) is -5.99. The van der Waals surface area contributed by atoms with E-state index in [2.05, 4.69) is 10.1 Å². The van der Waals surface area contributed by atoms with Crippen LogP contribution in [0.25, 0.3) is 0 Å². The molecule has 0 aliphatic carbocycles. The van der Waals surface area contributed by atoms with Crippen LogP contribution in [0.1, 0.15) is 48.5 Å². The Morgan fingerprint density at radius 1 is 0.830 bits per heavy atom. The van der Waals surface area contributed by atoms with Crippen molar-refractivity contribution in [3.63, 3.8) is 0 Å². The first kappa shape index (κ1) is 36.4. The minimum absolute atomic E-state index is 0.108. The number of carboxylic acids is 1. The van der Waals surface area contributed by atoms with E-state index in [0.717, 1.165) is 39.2 Å². The van der Waals surface area contributed by atoms with Crippen molar-refractivity contribution in [1.82, 2.24) is 0 Å². The molecular weight excluding hydrogens is 648 g/mol. The van der Waals surface area contributed by atoms with Gasteiger partial charge in [0.1, 0.15) is 6.54 Å². The van der Waals surface area contributed by atoms with Gasteiger partial charge in [-0.25, -0.2) is 8.78 Å². The lowest BCUT2D eigenvalue weighted by Gasteiger charge is -2.32. The van der Waals surface area contributed by atoms with Crippen LogP contribution in [0.2, 0.25) is 0 Å². The standard InChI is InChI=1S/C31H26F8N2O6/c1-15-7-5-8-19(21(15)13-23(42)43)27(45)40-22-10-6-9-20(25(22)32)28(46)41(14-24(44)47-4)26-16(2)11-18(12-17(26)3)29(33,30(34,35)36)31(37,38)39/h5-12H,13-14H2,1-4H3,(H,40,45)(H,42,43). The second kappa shape index (κ2) is 13.4. The number of nitrogens with zero attached hydrogens (tertiary/aromatic N) is 1. The number of rotatable bonds is 9. The maximum atomic E-state index is 15.8. The van der Waals surface area contributed by atoms with Gasteiger partial charge in [0.05, 0.1) is 30.5 Å². The summed E-state index contributed by atoms with van der Waals surface area (Å²) in [6, 6.07) is 7.85. The number of carbonyl (C=O) groups excluding carboxylic acids is 3. The number of carboxylic acid groups (broad SMARTS) is 1. The largest absolute Gasteiger partial charge is 0.481 e. The fourth-order valence-corrected chi connectivity index (χ4v) is 4.94. The number of alkyl halides is 7. The number of amides is 2. The number of nitrogens with one attached hydrogen (secondary N) is 1. The normalized spacial score (nSPS) is 12.0. The molecule has 0 unspecified atom stereocenters. The van der Waals surface area contributed by atoms with Gasteiger partial charge in [-0.3, -0.25) is 24.1 Å². The third-order valence-corrected chi connectivity index (χ3v) is 7.16. The van der Waals surface area contributed by atoms with Crippen LogP contribution in [0.5, 0.6) is 0 Å². The van der Waals surface area contributed by atoms with E-state index in [4.69, 9.17) is 0 Å². The third kappa shape index (κ3) is 7.20. The van der Waals surface area contributed by atoms with Crippen molar-refractivity contribution in [2.75, 3.05) is 23.9 Å². The van der Waals surface area contributed by atoms with Crippen LogP contribution in [-0.4, -0.2) is 54.9 Å². The Hall–Kier alpha value is -5.02. The van der Waals surface area contributed by atoms with Gasteiger partial charge in [-0.2, -0.15) is 26.3 Å². The number of esters is 1. The predicted molar refractivity (Wildman–Crippen MR) is 151 cm³/mol. The van der Waals surface area contributed by atoms with Crippen LogP contribution in [0.4, 0.5) is 46.5 Å².